The summed E-state index contributed by atoms with van der Waals surface area (Å²) in [5.41, 5.74) is 0. The third kappa shape index (κ3) is 43.7. The van der Waals surface area contributed by atoms with E-state index in [-0.39, 0.29) is 12.5 Å². The van der Waals surface area contributed by atoms with Crippen molar-refractivity contribution in [3.05, 3.63) is 97.2 Å². The van der Waals surface area contributed by atoms with E-state index >= 15 is 0 Å². The molecule has 9 heteroatoms. The molecule has 0 aromatic carbocycles. The molecule has 0 bridgehead atoms. The third-order valence-electron chi connectivity index (χ3n) is 14.2. The number of aliphatic hydroxyl groups excluding tert-OH is 5. The quantitative estimate of drug-likeness (QED) is 0.0261. The average molecular weight is 1050 g/mol. The van der Waals surface area contributed by atoms with Gasteiger partial charge in [-0.1, -0.05) is 272 Å². The number of unbranched alkanes of at least 4 members (excludes halogenated alkanes) is 28. The number of aliphatic hydroxyl groups is 5. The number of allylic oxidation sites excluding steroid dienone is 15. The molecule has 7 unspecified atom stereocenters. The van der Waals surface area contributed by atoms with Crippen molar-refractivity contribution in [2.45, 2.75) is 301 Å². The van der Waals surface area contributed by atoms with Gasteiger partial charge in [0.15, 0.2) is 6.29 Å². The molecule has 7 atom stereocenters. The van der Waals surface area contributed by atoms with Gasteiger partial charge in [0.2, 0.25) is 5.91 Å². The average Bonchev–Trinajstić information content (AvgIpc) is 3.41. The molecule has 0 aliphatic carbocycles. The second-order valence-corrected chi connectivity index (χ2v) is 21.1. The molecule has 1 fully saturated rings. The van der Waals surface area contributed by atoms with Gasteiger partial charge in [-0.15, -0.1) is 0 Å². The van der Waals surface area contributed by atoms with Crippen molar-refractivity contribution in [3.8, 4) is 0 Å². The Morgan fingerprint density at radius 1 is 0.467 bits per heavy atom. The van der Waals surface area contributed by atoms with E-state index in [0.29, 0.717) is 6.42 Å². The van der Waals surface area contributed by atoms with E-state index in [9.17, 15) is 30.3 Å². The maximum atomic E-state index is 13.1. The van der Waals surface area contributed by atoms with Crippen LogP contribution in [0, 0.1) is 0 Å². The molecule has 432 valence electrons. The van der Waals surface area contributed by atoms with E-state index in [0.717, 1.165) is 96.3 Å². The van der Waals surface area contributed by atoms with Crippen LogP contribution in [0.3, 0.4) is 0 Å². The first-order valence-electron chi connectivity index (χ1n) is 31.0. The van der Waals surface area contributed by atoms with Gasteiger partial charge >= 0.3 is 0 Å². The zero-order valence-corrected chi connectivity index (χ0v) is 48.0. The fourth-order valence-electron chi connectivity index (χ4n) is 9.31. The summed E-state index contributed by atoms with van der Waals surface area (Å²) in [7, 11) is 0. The lowest BCUT2D eigenvalue weighted by Gasteiger charge is -2.40. The van der Waals surface area contributed by atoms with Gasteiger partial charge in [0.1, 0.15) is 24.4 Å². The molecule has 1 aliphatic heterocycles. The number of rotatable bonds is 52. The Morgan fingerprint density at radius 3 is 1.23 bits per heavy atom. The Kier molecular flexibility index (Phi) is 50.9. The second kappa shape index (κ2) is 54.5. The molecule has 0 spiro atoms. The third-order valence-corrected chi connectivity index (χ3v) is 14.2. The maximum absolute atomic E-state index is 13.1. The Morgan fingerprint density at radius 2 is 0.827 bits per heavy atom. The number of ether oxygens (including phenoxy) is 2. The summed E-state index contributed by atoms with van der Waals surface area (Å²) in [5.74, 6) is -0.185. The van der Waals surface area contributed by atoms with Crippen LogP contribution >= 0.6 is 0 Å². The summed E-state index contributed by atoms with van der Waals surface area (Å²) in [6.45, 7) is 3.68. The largest absolute Gasteiger partial charge is 0.394 e. The van der Waals surface area contributed by atoms with E-state index in [1.807, 2.05) is 6.08 Å². The zero-order valence-electron chi connectivity index (χ0n) is 48.0. The second-order valence-electron chi connectivity index (χ2n) is 21.1. The number of carbonyl (C=O) groups excluding carboxylic acids is 1. The van der Waals surface area contributed by atoms with Crippen LogP contribution in [0.4, 0.5) is 0 Å². The van der Waals surface area contributed by atoms with Crippen LogP contribution < -0.4 is 5.32 Å². The summed E-state index contributed by atoms with van der Waals surface area (Å²) < 4.78 is 11.3. The Hall–Kier alpha value is -2.89. The molecular weight excluding hydrogens is 935 g/mol. The summed E-state index contributed by atoms with van der Waals surface area (Å²) >= 11 is 0. The highest BCUT2D eigenvalue weighted by Crippen LogP contribution is 2.23. The topological polar surface area (TPSA) is 149 Å². The van der Waals surface area contributed by atoms with Gasteiger partial charge in [0.05, 0.1) is 25.4 Å². The highest BCUT2D eigenvalue weighted by atomic mass is 16.7. The van der Waals surface area contributed by atoms with E-state index in [4.69, 9.17) is 9.47 Å². The normalized spacial score (nSPS) is 19.6. The van der Waals surface area contributed by atoms with E-state index < -0.39 is 49.5 Å². The van der Waals surface area contributed by atoms with E-state index in [1.54, 1.807) is 6.08 Å². The number of hydrogen-bond acceptors (Lipinski definition) is 8. The van der Waals surface area contributed by atoms with E-state index in [2.05, 4.69) is 104 Å². The number of nitrogens with one attached hydrogen (secondary N) is 1. The van der Waals surface area contributed by atoms with Crippen molar-refractivity contribution < 1.29 is 39.8 Å². The molecule has 75 heavy (non-hydrogen) atoms. The van der Waals surface area contributed by atoms with Gasteiger partial charge < -0.3 is 40.3 Å². The van der Waals surface area contributed by atoms with Crippen LogP contribution in [0.1, 0.15) is 258 Å². The highest BCUT2D eigenvalue weighted by molar-refractivity contribution is 5.76. The van der Waals surface area contributed by atoms with Crippen LogP contribution in [0.2, 0.25) is 0 Å². The van der Waals surface area contributed by atoms with Crippen LogP contribution in [-0.4, -0.2) is 87.5 Å². The molecule has 1 heterocycles. The molecule has 0 saturated carbocycles. The molecule has 1 amide bonds. The summed E-state index contributed by atoms with van der Waals surface area (Å²) in [6.07, 6.45) is 71.8. The predicted molar refractivity (Wildman–Crippen MR) is 318 cm³/mol. The summed E-state index contributed by atoms with van der Waals surface area (Å²) in [4.78, 5) is 13.1. The lowest BCUT2D eigenvalue weighted by Crippen LogP contribution is -2.60. The molecule has 1 aliphatic rings. The standard InChI is InChI=1S/C66H115NO8/c1-3-5-7-9-11-13-15-17-19-21-23-25-26-27-28-29-30-31-32-33-34-36-38-40-42-44-46-48-50-52-54-56-62(70)67-59(58-74-66-65(73)64(72)63(71)61(57-68)75-66)60(69)55-53-51-49-47-45-43-41-39-37-35-24-22-20-18-16-14-12-10-8-6-4-2/h5,7,11,13,17,19,23,25,27-28,30-31,33-34,53,55,59-61,63-66,68-69,71-73H,3-4,6,8-10,12,14-16,18,20-22,24,26,29,32,35-52,54,56-58H2,1-2H3,(H,67,70)/b7-5-,13-11-,19-17-,25-23-,28-27-,31-30-,34-33-,55-53+. The highest BCUT2D eigenvalue weighted by Gasteiger charge is 2.44. The van der Waals surface area contributed by atoms with E-state index in [1.165, 1.54) is 141 Å². The number of amides is 1. The molecule has 9 nitrogen and oxygen atoms in total. The van der Waals surface area contributed by atoms with Gasteiger partial charge in [0.25, 0.3) is 0 Å². The van der Waals surface area contributed by atoms with Gasteiger partial charge in [0, 0.05) is 6.42 Å². The van der Waals surface area contributed by atoms with Gasteiger partial charge in [-0.25, -0.2) is 0 Å². The zero-order chi connectivity index (χ0) is 54.3. The SMILES string of the molecule is CC/C=C\C/C=C\C/C=C\C/C=C\C/C=C\C/C=C\C/C=C\CCCCCCCCCCCC(=O)NC(COC1OC(CO)C(O)C(O)C1O)C(O)/C=C/CCCCCCCCCCCCCCCCCCCCC. The van der Waals surface area contributed by atoms with Crippen molar-refractivity contribution in [3.63, 3.8) is 0 Å². The maximum Gasteiger partial charge on any atom is 0.220 e. The van der Waals surface area contributed by atoms with Crippen LogP contribution in [-0.2, 0) is 14.3 Å². The molecule has 0 aromatic rings. The Balaban J connectivity index is 2.21. The fraction of sp³-hybridized carbons (Fsp3) is 0.742. The minimum atomic E-state index is -1.57. The summed E-state index contributed by atoms with van der Waals surface area (Å²) in [5, 5.41) is 54.6. The molecule has 1 rings (SSSR count). The lowest BCUT2D eigenvalue weighted by molar-refractivity contribution is -0.302. The van der Waals surface area contributed by atoms with Crippen molar-refractivity contribution in [2.75, 3.05) is 13.2 Å². The first-order valence-corrected chi connectivity index (χ1v) is 31.0. The smallest absolute Gasteiger partial charge is 0.220 e. The van der Waals surface area contributed by atoms with Crippen molar-refractivity contribution >= 4 is 5.91 Å². The monoisotopic (exact) mass is 1050 g/mol. The number of carbonyl (C=O) groups is 1. The molecule has 0 radical (unpaired) electrons. The van der Waals surface area contributed by atoms with Crippen molar-refractivity contribution in [2.24, 2.45) is 0 Å². The molecular formula is C66H115NO8. The fourth-order valence-corrected chi connectivity index (χ4v) is 9.31. The van der Waals surface area contributed by atoms with Crippen molar-refractivity contribution in [1.82, 2.24) is 5.32 Å². The summed E-state index contributed by atoms with van der Waals surface area (Å²) in [6, 6.07) is -0.815. The van der Waals surface area contributed by atoms with Gasteiger partial charge in [-0.05, 0) is 77.0 Å². The minimum Gasteiger partial charge on any atom is -0.394 e. The van der Waals surface area contributed by atoms with Gasteiger partial charge in [-0.2, -0.15) is 0 Å². The first-order chi connectivity index (χ1) is 36.8. The minimum absolute atomic E-state index is 0.185. The van der Waals surface area contributed by atoms with Crippen molar-refractivity contribution in [1.29, 1.82) is 0 Å². The Bertz CT molecular complexity index is 1500. The predicted octanol–water partition coefficient (Wildman–Crippen LogP) is 16.0. The molecule has 1 saturated heterocycles. The van der Waals surface area contributed by atoms with Crippen LogP contribution in [0.25, 0.3) is 0 Å². The lowest BCUT2D eigenvalue weighted by atomic mass is 9.99. The number of hydrogen-bond donors (Lipinski definition) is 6. The Labute approximate surface area is 460 Å². The molecule has 0 aromatic heterocycles. The molecule has 6 N–H and O–H groups in total. The first kappa shape index (κ1) is 70.1. The van der Waals surface area contributed by atoms with Crippen LogP contribution in [0.15, 0.2) is 97.2 Å². The van der Waals surface area contributed by atoms with Gasteiger partial charge in [-0.3, -0.25) is 4.79 Å². The van der Waals surface area contributed by atoms with Crippen LogP contribution in [0.5, 0.6) is 0 Å².